The fraction of sp³-hybridized carbons (Fsp3) is 0.667. The molecular formula is C18H29N3O5S2. The van der Waals surface area contributed by atoms with Gasteiger partial charge in [-0.15, -0.1) is 11.3 Å². The van der Waals surface area contributed by atoms with Crippen LogP contribution in [0.2, 0.25) is 0 Å². The number of carbonyl (C=O) groups excluding carboxylic acids is 1. The second-order valence-corrected chi connectivity index (χ2v) is 9.99. The van der Waals surface area contributed by atoms with E-state index in [-0.39, 0.29) is 30.4 Å². The quantitative estimate of drug-likeness (QED) is 0.545. The summed E-state index contributed by atoms with van der Waals surface area (Å²) in [5.74, 6) is -1.21. The van der Waals surface area contributed by atoms with Crippen LogP contribution in [0.5, 0.6) is 0 Å². The third-order valence-corrected chi connectivity index (χ3v) is 7.85. The summed E-state index contributed by atoms with van der Waals surface area (Å²) in [7, 11) is -3.15. The van der Waals surface area contributed by atoms with Gasteiger partial charge in [-0.3, -0.25) is 14.5 Å². The van der Waals surface area contributed by atoms with E-state index >= 15 is 0 Å². The Bertz CT molecular complexity index is 728. The first kappa shape index (κ1) is 22.8. The Balaban J connectivity index is 1.71. The van der Waals surface area contributed by atoms with Crippen LogP contribution >= 0.6 is 11.3 Å². The molecule has 158 valence electrons. The summed E-state index contributed by atoms with van der Waals surface area (Å²) in [6.07, 6.45) is 0.695. The number of aliphatic carboxylic acids is 1. The molecule has 1 aliphatic heterocycles. The maximum Gasteiger partial charge on any atom is 0.304 e. The van der Waals surface area contributed by atoms with E-state index in [9.17, 15) is 18.0 Å². The molecule has 0 aliphatic carbocycles. The smallest absolute Gasteiger partial charge is 0.304 e. The van der Waals surface area contributed by atoms with Crippen molar-refractivity contribution in [3.8, 4) is 0 Å². The lowest BCUT2D eigenvalue weighted by molar-refractivity contribution is -0.137. The Hall–Kier alpha value is -1.49. The molecule has 1 aromatic rings. The number of carboxylic acid groups (broad SMARTS) is 1. The van der Waals surface area contributed by atoms with Crippen LogP contribution in [0.3, 0.4) is 0 Å². The van der Waals surface area contributed by atoms with Gasteiger partial charge in [0.05, 0.1) is 12.2 Å². The molecule has 0 radical (unpaired) electrons. The van der Waals surface area contributed by atoms with Crippen LogP contribution in [-0.2, 0) is 19.6 Å². The van der Waals surface area contributed by atoms with Crippen molar-refractivity contribution in [2.45, 2.75) is 32.1 Å². The fourth-order valence-corrected chi connectivity index (χ4v) is 5.60. The van der Waals surface area contributed by atoms with Crippen molar-refractivity contribution in [2.75, 3.05) is 45.0 Å². The number of carboxylic acids is 1. The summed E-state index contributed by atoms with van der Waals surface area (Å²) < 4.78 is 25.7. The number of nitrogens with zero attached hydrogens (tertiary/aromatic N) is 2. The van der Waals surface area contributed by atoms with Crippen molar-refractivity contribution >= 4 is 33.2 Å². The molecule has 0 spiro atoms. The number of sulfonamides is 1. The summed E-state index contributed by atoms with van der Waals surface area (Å²) in [5, 5.41) is 13.8. The lowest BCUT2D eigenvalue weighted by Crippen LogP contribution is -2.50. The van der Waals surface area contributed by atoms with Crippen molar-refractivity contribution in [3.63, 3.8) is 0 Å². The van der Waals surface area contributed by atoms with Crippen LogP contribution in [0.15, 0.2) is 17.5 Å². The van der Waals surface area contributed by atoms with E-state index in [1.54, 1.807) is 4.31 Å². The number of thiophene rings is 1. The molecule has 1 saturated heterocycles. The molecule has 1 unspecified atom stereocenters. The Kier molecular flexibility index (Phi) is 8.87. The van der Waals surface area contributed by atoms with Gasteiger partial charge in [-0.2, -0.15) is 4.31 Å². The number of carbonyl (C=O) groups is 2. The van der Waals surface area contributed by atoms with Gasteiger partial charge in [-0.1, -0.05) is 13.0 Å². The van der Waals surface area contributed by atoms with Crippen molar-refractivity contribution in [2.24, 2.45) is 0 Å². The summed E-state index contributed by atoms with van der Waals surface area (Å²) in [4.78, 5) is 26.3. The first-order valence-corrected chi connectivity index (χ1v) is 12.0. The van der Waals surface area contributed by atoms with E-state index in [2.05, 4.69) is 10.2 Å². The molecule has 8 nitrogen and oxygen atoms in total. The molecule has 2 N–H and O–H groups in total. The van der Waals surface area contributed by atoms with Gasteiger partial charge in [0.15, 0.2) is 0 Å². The maximum absolute atomic E-state index is 12.2. The average Bonchev–Trinajstić information content (AvgIpc) is 3.16. The van der Waals surface area contributed by atoms with E-state index in [4.69, 9.17) is 5.11 Å². The number of piperazine rings is 1. The van der Waals surface area contributed by atoms with E-state index in [1.165, 1.54) is 11.3 Å². The van der Waals surface area contributed by atoms with Crippen LogP contribution in [0.25, 0.3) is 0 Å². The molecule has 2 heterocycles. The fourth-order valence-electron chi connectivity index (χ4n) is 3.28. The van der Waals surface area contributed by atoms with Crippen LogP contribution in [0.4, 0.5) is 0 Å². The summed E-state index contributed by atoms with van der Waals surface area (Å²) in [5.41, 5.74) is 0. The molecule has 10 heteroatoms. The number of nitrogens with one attached hydrogen (secondary N) is 1. The van der Waals surface area contributed by atoms with Crippen molar-refractivity contribution in [1.82, 2.24) is 14.5 Å². The lowest BCUT2D eigenvalue weighted by atomic mass is 9.99. The van der Waals surface area contributed by atoms with Crippen LogP contribution in [-0.4, -0.2) is 79.6 Å². The standard InChI is InChI=1S/C18H29N3O5S2/c1-2-12-28(25,26)21-9-7-20(8-10-21)6-5-19-17(22)13-15(14-18(23)24)16-4-3-11-27-16/h3-4,11,15H,2,5-10,12-14H2,1H3,(H,19,22)(H,23,24). The minimum Gasteiger partial charge on any atom is -0.481 e. The van der Waals surface area contributed by atoms with Gasteiger partial charge in [-0.25, -0.2) is 8.42 Å². The lowest BCUT2D eigenvalue weighted by Gasteiger charge is -2.33. The topological polar surface area (TPSA) is 107 Å². The number of hydrogen-bond acceptors (Lipinski definition) is 6. The van der Waals surface area contributed by atoms with Gasteiger partial charge in [0.25, 0.3) is 0 Å². The maximum atomic E-state index is 12.2. The molecular weight excluding hydrogens is 402 g/mol. The van der Waals surface area contributed by atoms with Gasteiger partial charge in [0, 0.05) is 56.5 Å². The van der Waals surface area contributed by atoms with E-state index in [0.29, 0.717) is 45.7 Å². The molecule has 2 rings (SSSR count). The first-order valence-electron chi connectivity index (χ1n) is 9.54. The molecule has 0 bridgehead atoms. The number of rotatable bonds is 11. The minimum atomic E-state index is -3.15. The van der Waals surface area contributed by atoms with Gasteiger partial charge in [-0.05, 0) is 17.9 Å². The highest BCUT2D eigenvalue weighted by Gasteiger charge is 2.26. The SMILES string of the molecule is CCCS(=O)(=O)N1CCN(CCNC(=O)CC(CC(=O)O)c2cccs2)CC1. The highest BCUT2D eigenvalue weighted by molar-refractivity contribution is 7.89. The molecule has 1 aromatic heterocycles. The van der Waals surface area contributed by atoms with E-state index in [0.717, 1.165) is 4.88 Å². The van der Waals surface area contributed by atoms with Crippen molar-refractivity contribution in [1.29, 1.82) is 0 Å². The zero-order chi connectivity index (χ0) is 20.6. The van der Waals surface area contributed by atoms with Crippen molar-refractivity contribution in [3.05, 3.63) is 22.4 Å². The van der Waals surface area contributed by atoms with E-state index < -0.39 is 16.0 Å². The first-order chi connectivity index (χ1) is 13.3. The summed E-state index contributed by atoms with van der Waals surface area (Å²) in [6.45, 7) is 5.23. The van der Waals surface area contributed by atoms with Gasteiger partial charge >= 0.3 is 5.97 Å². The highest BCUT2D eigenvalue weighted by atomic mass is 32.2. The van der Waals surface area contributed by atoms with Gasteiger partial charge < -0.3 is 10.4 Å². The second kappa shape index (κ2) is 10.9. The molecule has 0 aromatic carbocycles. The molecule has 1 aliphatic rings. The normalized spacial score (nSPS) is 17.3. The minimum absolute atomic E-state index is 0.0673. The zero-order valence-electron chi connectivity index (χ0n) is 16.2. The Morgan fingerprint density at radius 1 is 1.25 bits per heavy atom. The second-order valence-electron chi connectivity index (χ2n) is 6.92. The van der Waals surface area contributed by atoms with Crippen LogP contribution < -0.4 is 5.32 Å². The number of hydrogen-bond donors (Lipinski definition) is 2. The third kappa shape index (κ3) is 7.16. The summed E-state index contributed by atoms with van der Waals surface area (Å²) in [6, 6.07) is 3.71. The molecule has 0 saturated carbocycles. The molecule has 28 heavy (non-hydrogen) atoms. The van der Waals surface area contributed by atoms with Crippen LogP contribution in [0.1, 0.15) is 37.0 Å². The predicted octanol–water partition coefficient (Wildman–Crippen LogP) is 1.17. The zero-order valence-corrected chi connectivity index (χ0v) is 17.8. The Labute approximate surface area is 170 Å². The summed E-state index contributed by atoms with van der Waals surface area (Å²) >= 11 is 1.46. The Morgan fingerprint density at radius 2 is 1.96 bits per heavy atom. The van der Waals surface area contributed by atoms with E-state index in [1.807, 2.05) is 24.4 Å². The average molecular weight is 432 g/mol. The van der Waals surface area contributed by atoms with Gasteiger partial charge in [0.2, 0.25) is 15.9 Å². The predicted molar refractivity (Wildman–Crippen MR) is 109 cm³/mol. The monoisotopic (exact) mass is 431 g/mol. The third-order valence-electron chi connectivity index (χ3n) is 4.74. The van der Waals surface area contributed by atoms with Crippen molar-refractivity contribution < 1.29 is 23.1 Å². The highest BCUT2D eigenvalue weighted by Crippen LogP contribution is 2.27. The largest absolute Gasteiger partial charge is 0.481 e. The Morgan fingerprint density at radius 3 is 2.54 bits per heavy atom. The number of amides is 1. The molecule has 1 atom stereocenters. The van der Waals surface area contributed by atoms with Crippen LogP contribution in [0, 0.1) is 0 Å². The molecule has 1 fully saturated rings. The van der Waals surface area contributed by atoms with Gasteiger partial charge in [0.1, 0.15) is 0 Å². The molecule has 1 amide bonds.